The molecule has 6 nitrogen and oxygen atoms in total. The molecule has 0 saturated carbocycles. The quantitative estimate of drug-likeness (QED) is 0.838. The number of amides is 1. The Kier molecular flexibility index (Phi) is 4.11. The summed E-state index contributed by atoms with van der Waals surface area (Å²) in [5, 5.41) is 4.20. The first-order chi connectivity index (χ1) is 11.2. The lowest BCUT2D eigenvalue weighted by molar-refractivity contribution is -0.124. The first kappa shape index (κ1) is 15.1. The van der Waals surface area contributed by atoms with E-state index in [1.165, 1.54) is 12.8 Å². The number of piperidine rings is 1. The van der Waals surface area contributed by atoms with E-state index in [1.807, 2.05) is 18.1 Å². The van der Waals surface area contributed by atoms with E-state index in [2.05, 4.69) is 10.00 Å². The molecule has 3 saturated heterocycles. The van der Waals surface area contributed by atoms with E-state index in [0.717, 1.165) is 57.4 Å². The van der Waals surface area contributed by atoms with Gasteiger partial charge in [0.05, 0.1) is 17.8 Å². The Bertz CT molecular complexity index is 567. The summed E-state index contributed by atoms with van der Waals surface area (Å²) in [6.45, 7) is 5.79. The number of aryl methyl sites for hydroxylation is 1. The van der Waals surface area contributed by atoms with Crippen LogP contribution < -0.4 is 4.90 Å². The van der Waals surface area contributed by atoms with Crippen LogP contribution in [-0.4, -0.2) is 60.0 Å². The van der Waals surface area contributed by atoms with E-state index in [9.17, 15) is 4.79 Å². The molecule has 0 aliphatic carbocycles. The Hall–Kier alpha value is -1.40. The van der Waals surface area contributed by atoms with Crippen LogP contribution in [0.15, 0.2) is 12.4 Å². The van der Waals surface area contributed by atoms with Gasteiger partial charge in [-0.25, -0.2) is 0 Å². The van der Waals surface area contributed by atoms with Gasteiger partial charge in [0.2, 0.25) is 5.91 Å². The summed E-state index contributed by atoms with van der Waals surface area (Å²) in [6.07, 6.45) is 7.18. The highest BCUT2D eigenvalue weighted by molar-refractivity contribution is 5.96. The van der Waals surface area contributed by atoms with E-state index in [0.29, 0.717) is 11.8 Å². The number of carbonyl (C=O) groups excluding carboxylic acids is 1. The summed E-state index contributed by atoms with van der Waals surface area (Å²) in [7, 11) is 1.89. The average Bonchev–Trinajstić information content (AvgIpc) is 3.15. The van der Waals surface area contributed by atoms with Crippen molar-refractivity contribution in [2.75, 3.05) is 44.3 Å². The number of nitrogens with zero attached hydrogens (tertiary/aromatic N) is 4. The molecule has 3 aliphatic rings. The molecule has 0 spiro atoms. The molecule has 2 atom stereocenters. The fourth-order valence-corrected chi connectivity index (χ4v) is 4.39. The number of hydrogen-bond acceptors (Lipinski definition) is 4. The number of fused-ring (bicyclic) bond motifs is 1. The summed E-state index contributed by atoms with van der Waals surface area (Å²) >= 11 is 0. The average molecular weight is 318 g/mol. The predicted octanol–water partition coefficient (Wildman–Crippen LogP) is 1.13. The van der Waals surface area contributed by atoms with Crippen LogP contribution in [0.5, 0.6) is 0 Å². The number of carbonyl (C=O) groups is 1. The molecule has 4 rings (SSSR count). The fourth-order valence-electron chi connectivity index (χ4n) is 4.39. The van der Waals surface area contributed by atoms with Crippen molar-refractivity contribution >= 4 is 11.6 Å². The molecule has 2 unspecified atom stereocenters. The Labute approximate surface area is 137 Å². The number of ether oxygens (including phenoxy) is 1. The highest BCUT2D eigenvalue weighted by Gasteiger charge is 2.43. The molecule has 1 aromatic rings. The van der Waals surface area contributed by atoms with Crippen molar-refractivity contribution in [2.24, 2.45) is 24.8 Å². The minimum absolute atomic E-state index is 0.170. The first-order valence-electron chi connectivity index (χ1n) is 8.81. The van der Waals surface area contributed by atoms with Gasteiger partial charge in [-0.15, -0.1) is 0 Å². The molecule has 3 aliphatic heterocycles. The Morgan fingerprint density at radius 3 is 2.83 bits per heavy atom. The van der Waals surface area contributed by atoms with Crippen LogP contribution in [0.25, 0.3) is 0 Å². The lowest BCUT2D eigenvalue weighted by Crippen LogP contribution is -2.45. The van der Waals surface area contributed by atoms with Crippen molar-refractivity contribution in [3.63, 3.8) is 0 Å². The molecular weight excluding hydrogens is 292 g/mol. The van der Waals surface area contributed by atoms with Crippen LogP contribution in [0, 0.1) is 17.8 Å². The third-order valence-electron chi connectivity index (χ3n) is 5.68. The molecule has 0 bridgehead atoms. The van der Waals surface area contributed by atoms with Crippen molar-refractivity contribution in [1.82, 2.24) is 14.7 Å². The van der Waals surface area contributed by atoms with Gasteiger partial charge >= 0.3 is 0 Å². The van der Waals surface area contributed by atoms with Crippen molar-refractivity contribution in [1.29, 1.82) is 0 Å². The minimum Gasteiger partial charge on any atom is -0.381 e. The smallest absolute Gasteiger partial charge is 0.231 e. The minimum atomic E-state index is 0.170. The Morgan fingerprint density at radius 1 is 1.26 bits per heavy atom. The Morgan fingerprint density at radius 2 is 2.09 bits per heavy atom. The van der Waals surface area contributed by atoms with Crippen LogP contribution in [0.4, 0.5) is 5.69 Å². The monoisotopic (exact) mass is 318 g/mol. The van der Waals surface area contributed by atoms with E-state index < -0.39 is 0 Å². The van der Waals surface area contributed by atoms with Gasteiger partial charge in [0.15, 0.2) is 0 Å². The number of anilines is 1. The van der Waals surface area contributed by atoms with Gasteiger partial charge in [0.1, 0.15) is 0 Å². The third-order valence-corrected chi connectivity index (χ3v) is 5.68. The van der Waals surface area contributed by atoms with E-state index in [1.54, 1.807) is 10.9 Å². The van der Waals surface area contributed by atoms with Gasteiger partial charge in [0, 0.05) is 52.6 Å². The first-order valence-corrected chi connectivity index (χ1v) is 8.81. The maximum atomic E-state index is 12.9. The van der Waals surface area contributed by atoms with Crippen LogP contribution in [0.2, 0.25) is 0 Å². The maximum Gasteiger partial charge on any atom is 0.231 e. The highest BCUT2D eigenvalue weighted by atomic mass is 16.5. The standard InChI is InChI=1S/C17H26N4O2/c1-19-11-15(8-18-19)21-5-2-14-10-20(12-16(14)17(21)22)9-13-3-6-23-7-4-13/h8,11,13-14,16H,2-7,9-10,12H2,1H3. The number of hydrogen-bond donors (Lipinski definition) is 0. The molecule has 23 heavy (non-hydrogen) atoms. The van der Waals surface area contributed by atoms with Crippen molar-refractivity contribution < 1.29 is 9.53 Å². The maximum absolute atomic E-state index is 12.9. The van der Waals surface area contributed by atoms with Gasteiger partial charge in [-0.3, -0.25) is 9.48 Å². The molecule has 3 fully saturated rings. The lowest BCUT2D eigenvalue weighted by atomic mass is 9.88. The summed E-state index contributed by atoms with van der Waals surface area (Å²) in [5.74, 6) is 1.75. The van der Waals surface area contributed by atoms with E-state index in [4.69, 9.17) is 4.74 Å². The zero-order chi connectivity index (χ0) is 15.8. The zero-order valence-electron chi connectivity index (χ0n) is 13.9. The third kappa shape index (κ3) is 3.02. The van der Waals surface area contributed by atoms with Crippen molar-refractivity contribution in [3.05, 3.63) is 12.4 Å². The number of rotatable bonds is 3. The number of aromatic nitrogens is 2. The molecule has 126 valence electrons. The fraction of sp³-hybridized carbons (Fsp3) is 0.765. The van der Waals surface area contributed by atoms with Crippen LogP contribution in [0.1, 0.15) is 19.3 Å². The van der Waals surface area contributed by atoms with Crippen LogP contribution >= 0.6 is 0 Å². The molecule has 0 N–H and O–H groups in total. The second-order valence-corrected chi connectivity index (χ2v) is 7.29. The van der Waals surface area contributed by atoms with Gasteiger partial charge in [-0.1, -0.05) is 0 Å². The molecule has 6 heteroatoms. The second-order valence-electron chi connectivity index (χ2n) is 7.29. The molecule has 1 aromatic heterocycles. The summed E-state index contributed by atoms with van der Waals surface area (Å²) in [6, 6.07) is 0. The van der Waals surface area contributed by atoms with Crippen LogP contribution in [0.3, 0.4) is 0 Å². The molecular formula is C17H26N4O2. The van der Waals surface area contributed by atoms with Crippen molar-refractivity contribution in [2.45, 2.75) is 19.3 Å². The summed E-state index contributed by atoms with van der Waals surface area (Å²) < 4.78 is 7.22. The SMILES string of the molecule is Cn1cc(N2CCC3CN(CC4CCOCC4)CC3C2=O)cn1. The van der Waals surface area contributed by atoms with Crippen LogP contribution in [-0.2, 0) is 16.6 Å². The van der Waals surface area contributed by atoms with Gasteiger partial charge < -0.3 is 14.5 Å². The molecule has 1 amide bonds. The zero-order valence-corrected chi connectivity index (χ0v) is 13.9. The van der Waals surface area contributed by atoms with Gasteiger partial charge in [0.25, 0.3) is 0 Å². The van der Waals surface area contributed by atoms with Gasteiger partial charge in [-0.2, -0.15) is 5.10 Å². The summed E-state index contributed by atoms with van der Waals surface area (Å²) in [5.41, 5.74) is 0.943. The Balaban J connectivity index is 1.40. The highest BCUT2D eigenvalue weighted by Crippen LogP contribution is 2.35. The largest absolute Gasteiger partial charge is 0.381 e. The van der Waals surface area contributed by atoms with Gasteiger partial charge in [-0.05, 0) is 31.1 Å². The van der Waals surface area contributed by atoms with E-state index in [-0.39, 0.29) is 5.92 Å². The summed E-state index contributed by atoms with van der Waals surface area (Å²) in [4.78, 5) is 17.4. The van der Waals surface area contributed by atoms with Crippen molar-refractivity contribution in [3.8, 4) is 0 Å². The topological polar surface area (TPSA) is 50.6 Å². The number of likely N-dealkylation sites (tertiary alicyclic amines) is 1. The predicted molar refractivity (Wildman–Crippen MR) is 87.1 cm³/mol. The molecule has 0 aromatic carbocycles. The molecule has 0 radical (unpaired) electrons. The van der Waals surface area contributed by atoms with E-state index >= 15 is 0 Å². The normalized spacial score (nSPS) is 30.0. The lowest BCUT2D eigenvalue weighted by Gasteiger charge is -2.32. The molecule has 4 heterocycles. The second kappa shape index (κ2) is 6.24.